The molecule has 0 aliphatic rings. The Morgan fingerprint density at radius 3 is 2.53 bits per heavy atom. The number of hydrogen-bond acceptors (Lipinski definition) is 4. The Bertz CT molecular complexity index is 554. The number of nitrogen functional groups attached to an aromatic ring is 1. The number of rotatable bonds is 4. The maximum atomic E-state index is 6.05. The van der Waals surface area contributed by atoms with E-state index >= 15 is 0 Å². The van der Waals surface area contributed by atoms with Crippen LogP contribution in [0.1, 0.15) is 32.7 Å². The number of nitrogens with two attached hydrogens (primary N) is 1. The van der Waals surface area contributed by atoms with Crippen LogP contribution in [0, 0.1) is 0 Å². The lowest BCUT2D eigenvalue weighted by atomic mass is 10.1. The average molecular weight is 300 g/mol. The van der Waals surface area contributed by atoms with Crippen molar-refractivity contribution < 1.29 is 0 Å². The molecule has 0 unspecified atom stereocenters. The van der Waals surface area contributed by atoms with E-state index in [1.807, 2.05) is 0 Å². The zero-order valence-electron chi connectivity index (χ0n) is 10.8. The summed E-state index contributed by atoms with van der Waals surface area (Å²) in [5, 5.41) is 12.6. The number of benzene rings is 1. The fourth-order valence-electron chi connectivity index (χ4n) is 2.00. The van der Waals surface area contributed by atoms with Crippen LogP contribution in [0.2, 0.25) is 10.0 Å². The van der Waals surface area contributed by atoms with Gasteiger partial charge < -0.3 is 5.73 Å². The molecule has 102 valence electrons. The third kappa shape index (κ3) is 2.67. The number of hydrogen-bond donors (Lipinski definition) is 1. The van der Waals surface area contributed by atoms with E-state index in [2.05, 4.69) is 29.4 Å². The van der Waals surface area contributed by atoms with Crippen molar-refractivity contribution >= 4 is 28.9 Å². The van der Waals surface area contributed by atoms with Crippen molar-refractivity contribution in [1.29, 1.82) is 0 Å². The summed E-state index contributed by atoms with van der Waals surface area (Å²) >= 11 is 12.0. The molecule has 0 fully saturated rings. The van der Waals surface area contributed by atoms with Gasteiger partial charge in [0.15, 0.2) is 5.82 Å². The zero-order valence-corrected chi connectivity index (χ0v) is 12.3. The molecule has 1 heterocycles. The Kier molecular flexibility index (Phi) is 4.27. The molecule has 0 aliphatic heterocycles. The average Bonchev–Trinajstić information content (AvgIpc) is 2.86. The minimum absolute atomic E-state index is 0.251. The highest BCUT2D eigenvalue weighted by Crippen LogP contribution is 2.33. The summed E-state index contributed by atoms with van der Waals surface area (Å²) in [5.74, 6) is 0.652. The second-order valence-corrected chi connectivity index (χ2v) is 5.06. The van der Waals surface area contributed by atoms with Crippen molar-refractivity contribution in [2.24, 2.45) is 0 Å². The van der Waals surface area contributed by atoms with E-state index in [1.54, 1.807) is 16.8 Å². The van der Waals surface area contributed by atoms with Crippen LogP contribution in [-0.2, 0) is 0 Å². The van der Waals surface area contributed by atoms with Crippen LogP contribution in [0.15, 0.2) is 12.1 Å². The van der Waals surface area contributed by atoms with Gasteiger partial charge in [0.05, 0.1) is 21.8 Å². The lowest BCUT2D eigenvalue weighted by Crippen LogP contribution is -2.10. The second kappa shape index (κ2) is 5.75. The Labute approximate surface area is 121 Å². The molecule has 2 rings (SSSR count). The number of halogens is 2. The molecule has 0 atom stereocenters. The van der Waals surface area contributed by atoms with Gasteiger partial charge in [-0.15, -0.1) is 5.10 Å². The molecular weight excluding hydrogens is 285 g/mol. The zero-order chi connectivity index (χ0) is 14.0. The highest BCUT2D eigenvalue weighted by molar-refractivity contribution is 6.43. The van der Waals surface area contributed by atoms with Gasteiger partial charge in [0, 0.05) is 5.56 Å². The van der Waals surface area contributed by atoms with Crippen LogP contribution in [0.3, 0.4) is 0 Å². The minimum Gasteiger partial charge on any atom is -0.397 e. The Morgan fingerprint density at radius 1 is 1.26 bits per heavy atom. The molecule has 0 aliphatic carbocycles. The SMILES string of the molecule is CCC(CC)n1nnnc1-c1cc(N)c(Cl)c(Cl)c1. The fourth-order valence-corrected chi connectivity index (χ4v) is 2.34. The molecule has 0 saturated carbocycles. The molecule has 1 aromatic heterocycles. The number of tetrazole rings is 1. The summed E-state index contributed by atoms with van der Waals surface area (Å²) in [7, 11) is 0. The molecule has 19 heavy (non-hydrogen) atoms. The monoisotopic (exact) mass is 299 g/mol. The van der Waals surface area contributed by atoms with E-state index in [1.165, 1.54) is 0 Å². The lowest BCUT2D eigenvalue weighted by molar-refractivity contribution is 0.422. The summed E-state index contributed by atoms with van der Waals surface area (Å²) in [4.78, 5) is 0. The smallest absolute Gasteiger partial charge is 0.182 e. The molecule has 2 N–H and O–H groups in total. The van der Waals surface area contributed by atoms with Gasteiger partial charge in [-0.2, -0.15) is 0 Å². The topological polar surface area (TPSA) is 69.6 Å². The van der Waals surface area contributed by atoms with Gasteiger partial charge in [0.1, 0.15) is 0 Å². The van der Waals surface area contributed by atoms with Crippen molar-refractivity contribution in [3.05, 3.63) is 22.2 Å². The van der Waals surface area contributed by atoms with Gasteiger partial charge in [0.2, 0.25) is 0 Å². The van der Waals surface area contributed by atoms with Crippen LogP contribution < -0.4 is 5.73 Å². The van der Waals surface area contributed by atoms with Crippen molar-refractivity contribution in [2.75, 3.05) is 5.73 Å². The largest absolute Gasteiger partial charge is 0.397 e. The first-order valence-corrected chi connectivity index (χ1v) is 6.86. The van der Waals surface area contributed by atoms with Gasteiger partial charge in [-0.1, -0.05) is 37.0 Å². The summed E-state index contributed by atoms with van der Waals surface area (Å²) in [5.41, 5.74) is 7.01. The van der Waals surface area contributed by atoms with E-state index in [-0.39, 0.29) is 6.04 Å². The van der Waals surface area contributed by atoms with Crippen molar-refractivity contribution in [2.45, 2.75) is 32.7 Å². The molecular formula is C12H15Cl2N5. The second-order valence-electron chi connectivity index (χ2n) is 4.28. The molecule has 0 amide bonds. The molecule has 0 radical (unpaired) electrons. The summed E-state index contributed by atoms with van der Waals surface area (Å²) in [6.07, 6.45) is 1.90. The van der Waals surface area contributed by atoms with Crippen LogP contribution >= 0.6 is 23.2 Å². The maximum absolute atomic E-state index is 6.05. The third-order valence-corrected chi connectivity index (χ3v) is 3.91. The number of nitrogens with zero attached hydrogens (tertiary/aromatic N) is 4. The first kappa shape index (κ1) is 14.1. The van der Waals surface area contributed by atoms with Crippen molar-refractivity contribution in [3.63, 3.8) is 0 Å². The number of anilines is 1. The van der Waals surface area contributed by atoms with E-state index in [9.17, 15) is 0 Å². The molecule has 0 bridgehead atoms. The van der Waals surface area contributed by atoms with Gasteiger partial charge in [-0.25, -0.2) is 4.68 Å². The first-order chi connectivity index (χ1) is 9.08. The van der Waals surface area contributed by atoms with E-state index in [0.29, 0.717) is 21.6 Å². The quantitative estimate of drug-likeness (QED) is 0.876. The maximum Gasteiger partial charge on any atom is 0.182 e. The normalized spacial score (nSPS) is 11.2. The molecule has 5 nitrogen and oxygen atoms in total. The Morgan fingerprint density at radius 2 is 1.95 bits per heavy atom. The highest BCUT2D eigenvalue weighted by Gasteiger charge is 2.17. The van der Waals surface area contributed by atoms with Crippen molar-refractivity contribution in [3.8, 4) is 11.4 Å². The van der Waals surface area contributed by atoms with Crippen LogP contribution in [-0.4, -0.2) is 20.2 Å². The van der Waals surface area contributed by atoms with Crippen LogP contribution in [0.5, 0.6) is 0 Å². The molecule has 2 aromatic rings. The molecule has 1 aromatic carbocycles. The Balaban J connectivity index is 2.51. The van der Waals surface area contributed by atoms with E-state index in [4.69, 9.17) is 28.9 Å². The first-order valence-electron chi connectivity index (χ1n) is 6.11. The van der Waals surface area contributed by atoms with Crippen LogP contribution in [0.25, 0.3) is 11.4 Å². The van der Waals surface area contributed by atoms with Gasteiger partial charge in [-0.05, 0) is 35.4 Å². The van der Waals surface area contributed by atoms with Crippen molar-refractivity contribution in [1.82, 2.24) is 20.2 Å². The standard InChI is InChI=1S/C12H15Cl2N5/c1-3-8(4-2)19-12(16-17-18-19)7-5-9(13)11(14)10(15)6-7/h5-6,8H,3-4,15H2,1-2H3. The highest BCUT2D eigenvalue weighted by atomic mass is 35.5. The third-order valence-electron chi connectivity index (χ3n) is 3.10. The predicted molar refractivity (Wildman–Crippen MR) is 77.3 cm³/mol. The van der Waals surface area contributed by atoms with Gasteiger partial charge in [0.25, 0.3) is 0 Å². The van der Waals surface area contributed by atoms with E-state index in [0.717, 1.165) is 18.4 Å². The number of aromatic nitrogens is 4. The minimum atomic E-state index is 0.251. The van der Waals surface area contributed by atoms with Gasteiger partial charge in [-0.3, -0.25) is 0 Å². The molecule has 0 spiro atoms. The molecule has 7 heteroatoms. The summed E-state index contributed by atoms with van der Waals surface area (Å²) < 4.78 is 1.80. The lowest BCUT2D eigenvalue weighted by Gasteiger charge is -2.14. The summed E-state index contributed by atoms with van der Waals surface area (Å²) in [6.45, 7) is 4.20. The Hall–Kier alpha value is -1.33. The predicted octanol–water partition coefficient (Wildman–Crippen LogP) is 3.59. The summed E-state index contributed by atoms with van der Waals surface area (Å²) in [6, 6.07) is 3.71. The van der Waals surface area contributed by atoms with E-state index < -0.39 is 0 Å². The fraction of sp³-hybridized carbons (Fsp3) is 0.417. The van der Waals surface area contributed by atoms with Crippen LogP contribution in [0.4, 0.5) is 5.69 Å². The van der Waals surface area contributed by atoms with Gasteiger partial charge >= 0.3 is 0 Å². The molecule has 0 saturated heterocycles.